The van der Waals surface area contributed by atoms with E-state index in [1.165, 1.54) is 49.6 Å². The lowest BCUT2D eigenvalue weighted by Gasteiger charge is -2.15. The molecule has 9 heteroatoms. The van der Waals surface area contributed by atoms with Gasteiger partial charge in [0.05, 0.1) is 9.23 Å². The number of halogens is 1. The Morgan fingerprint density at radius 1 is 1.25 bits per heavy atom. The van der Waals surface area contributed by atoms with Gasteiger partial charge in [-0.15, -0.1) is 11.3 Å². The number of methoxy groups -OCH3 is 1. The zero-order chi connectivity index (χ0) is 17.7. The molecule has 0 aliphatic heterocycles. The Balaban J connectivity index is 2.06. The summed E-state index contributed by atoms with van der Waals surface area (Å²) < 4.78 is 33.1. The van der Waals surface area contributed by atoms with Crippen LogP contribution in [0.15, 0.2) is 41.3 Å². The van der Waals surface area contributed by atoms with Crippen LogP contribution in [0.1, 0.15) is 17.9 Å². The number of rotatable bonds is 7. The highest BCUT2D eigenvalue weighted by atomic mass is 35.5. The van der Waals surface area contributed by atoms with E-state index in [2.05, 4.69) is 10.0 Å². The molecule has 1 amide bonds. The lowest BCUT2D eigenvalue weighted by atomic mass is 10.3. The summed E-state index contributed by atoms with van der Waals surface area (Å²) in [5, 5.41) is 2.58. The Kier molecular flexibility index (Phi) is 6.36. The number of carbonyl (C=O) groups excluding carboxylic acids is 1. The first-order valence-corrected chi connectivity index (χ1v) is 9.65. The second-order valence-electron chi connectivity index (χ2n) is 4.92. The maximum absolute atomic E-state index is 12.3. The Morgan fingerprint density at radius 3 is 2.42 bits per heavy atom. The van der Waals surface area contributed by atoms with E-state index in [4.69, 9.17) is 16.3 Å². The molecular formula is C15H17ClN2O4S2. The molecule has 1 heterocycles. The number of carbonyl (C=O) groups is 1. The summed E-state index contributed by atoms with van der Waals surface area (Å²) in [6, 6.07) is 9.46. The van der Waals surface area contributed by atoms with Crippen molar-refractivity contribution in [3.05, 3.63) is 45.6 Å². The third-order valence-corrected chi connectivity index (χ3v) is 5.90. The van der Waals surface area contributed by atoms with Gasteiger partial charge in [0.2, 0.25) is 15.9 Å². The van der Waals surface area contributed by atoms with Crippen molar-refractivity contribution in [2.45, 2.75) is 17.9 Å². The fraction of sp³-hybridized carbons (Fsp3) is 0.267. The second-order valence-corrected chi connectivity index (χ2v) is 8.44. The van der Waals surface area contributed by atoms with Crippen LogP contribution in [-0.4, -0.2) is 28.0 Å². The van der Waals surface area contributed by atoms with Crippen LogP contribution in [0.4, 0.5) is 5.69 Å². The second kappa shape index (κ2) is 8.09. The number of ether oxygens (including phenoxy) is 1. The molecule has 130 valence electrons. The van der Waals surface area contributed by atoms with Crippen molar-refractivity contribution in [3.63, 3.8) is 0 Å². The van der Waals surface area contributed by atoms with Gasteiger partial charge in [-0.3, -0.25) is 4.79 Å². The van der Waals surface area contributed by atoms with Gasteiger partial charge < -0.3 is 10.1 Å². The average Bonchev–Trinajstić information content (AvgIpc) is 2.94. The fourth-order valence-electron chi connectivity index (χ4n) is 1.99. The molecule has 2 N–H and O–H groups in total. The average molecular weight is 389 g/mol. The molecule has 0 aliphatic rings. The maximum atomic E-state index is 12.3. The molecule has 1 aromatic carbocycles. The van der Waals surface area contributed by atoms with Crippen LogP contribution in [0, 0.1) is 0 Å². The van der Waals surface area contributed by atoms with Gasteiger partial charge >= 0.3 is 0 Å². The van der Waals surface area contributed by atoms with Crippen molar-refractivity contribution in [3.8, 4) is 0 Å². The number of anilines is 1. The molecule has 1 atom stereocenters. The molecule has 0 saturated heterocycles. The molecule has 1 aromatic heterocycles. The summed E-state index contributed by atoms with van der Waals surface area (Å²) in [6.45, 7) is 1.47. The van der Waals surface area contributed by atoms with E-state index < -0.39 is 16.1 Å². The van der Waals surface area contributed by atoms with Crippen molar-refractivity contribution in [2.75, 3.05) is 19.0 Å². The van der Waals surface area contributed by atoms with E-state index >= 15 is 0 Å². The van der Waals surface area contributed by atoms with E-state index in [1.54, 1.807) is 12.1 Å². The number of hydrogen-bond donors (Lipinski definition) is 2. The standard InChI is InChI=1S/C15H17ClN2O4S2/c1-10(19)18-11-3-5-12(6-4-11)24(20,21)17-9-13(22-2)14-7-8-15(16)23-14/h3-8,13,17H,9H2,1-2H3,(H,18,19). The molecule has 2 rings (SSSR count). The van der Waals surface area contributed by atoms with Crippen molar-refractivity contribution in [1.82, 2.24) is 4.72 Å². The van der Waals surface area contributed by atoms with Crippen molar-refractivity contribution in [1.29, 1.82) is 0 Å². The van der Waals surface area contributed by atoms with Gasteiger partial charge in [0.1, 0.15) is 6.10 Å². The van der Waals surface area contributed by atoms with Gasteiger partial charge in [0, 0.05) is 31.1 Å². The zero-order valence-corrected chi connectivity index (χ0v) is 15.5. The lowest BCUT2D eigenvalue weighted by molar-refractivity contribution is -0.114. The van der Waals surface area contributed by atoms with Gasteiger partial charge in [-0.1, -0.05) is 11.6 Å². The highest BCUT2D eigenvalue weighted by Crippen LogP contribution is 2.28. The Bertz CT molecular complexity index is 803. The molecule has 0 aliphatic carbocycles. The van der Waals surface area contributed by atoms with Gasteiger partial charge in [-0.2, -0.15) is 0 Å². The predicted octanol–water partition coefficient (Wildman–Crippen LogP) is 3.03. The number of thiophene rings is 1. The minimum atomic E-state index is -3.68. The van der Waals surface area contributed by atoms with E-state index in [0.29, 0.717) is 10.0 Å². The van der Waals surface area contributed by atoms with E-state index in [9.17, 15) is 13.2 Å². The summed E-state index contributed by atoms with van der Waals surface area (Å²) in [6.07, 6.45) is -0.420. The number of hydrogen-bond acceptors (Lipinski definition) is 5. The summed E-state index contributed by atoms with van der Waals surface area (Å²) in [5.74, 6) is -0.221. The molecule has 0 saturated carbocycles. The molecule has 0 fully saturated rings. The Morgan fingerprint density at radius 2 is 1.92 bits per heavy atom. The molecule has 6 nitrogen and oxygen atoms in total. The van der Waals surface area contributed by atoms with Crippen LogP contribution >= 0.6 is 22.9 Å². The summed E-state index contributed by atoms with van der Waals surface area (Å²) in [7, 11) is -2.17. The fourth-order valence-corrected chi connectivity index (χ4v) is 4.16. The third kappa shape index (κ3) is 5.02. The Labute approximate surface area is 149 Å². The smallest absolute Gasteiger partial charge is 0.240 e. The van der Waals surface area contributed by atoms with Crippen LogP contribution in [0.25, 0.3) is 0 Å². The Hall–Kier alpha value is -1.45. The number of nitrogens with one attached hydrogen (secondary N) is 2. The molecule has 0 bridgehead atoms. The van der Waals surface area contributed by atoms with Crippen molar-refractivity contribution >= 4 is 44.6 Å². The monoisotopic (exact) mass is 388 g/mol. The number of amides is 1. The topological polar surface area (TPSA) is 84.5 Å². The molecule has 0 spiro atoms. The third-order valence-electron chi connectivity index (χ3n) is 3.14. The lowest BCUT2D eigenvalue weighted by Crippen LogP contribution is -2.29. The number of sulfonamides is 1. The quantitative estimate of drug-likeness (QED) is 0.763. The van der Waals surface area contributed by atoms with E-state index in [-0.39, 0.29) is 17.3 Å². The van der Waals surface area contributed by atoms with Crippen LogP contribution in [0.3, 0.4) is 0 Å². The van der Waals surface area contributed by atoms with Gasteiger partial charge in [-0.25, -0.2) is 13.1 Å². The summed E-state index contributed by atoms with van der Waals surface area (Å²) in [4.78, 5) is 11.9. The first-order valence-electron chi connectivity index (χ1n) is 6.97. The van der Waals surface area contributed by atoms with Crippen molar-refractivity contribution in [2.24, 2.45) is 0 Å². The SMILES string of the molecule is COC(CNS(=O)(=O)c1ccc(NC(C)=O)cc1)c1ccc(Cl)s1. The number of benzene rings is 1. The van der Waals surface area contributed by atoms with E-state index in [1.807, 2.05) is 0 Å². The van der Waals surface area contributed by atoms with Crippen LogP contribution in [0.2, 0.25) is 4.34 Å². The van der Waals surface area contributed by atoms with Crippen molar-refractivity contribution < 1.29 is 17.9 Å². The van der Waals surface area contributed by atoms with Crippen LogP contribution in [0.5, 0.6) is 0 Å². The van der Waals surface area contributed by atoms with E-state index in [0.717, 1.165) is 4.88 Å². The largest absolute Gasteiger partial charge is 0.375 e. The van der Waals surface area contributed by atoms with Crippen LogP contribution in [-0.2, 0) is 19.6 Å². The minimum absolute atomic E-state index is 0.0864. The van der Waals surface area contributed by atoms with Gasteiger partial charge in [0.15, 0.2) is 0 Å². The first kappa shape index (κ1) is 18.9. The highest BCUT2D eigenvalue weighted by molar-refractivity contribution is 7.89. The summed E-state index contributed by atoms with van der Waals surface area (Å²) in [5.41, 5.74) is 0.532. The van der Waals surface area contributed by atoms with Gasteiger partial charge in [-0.05, 0) is 36.4 Å². The van der Waals surface area contributed by atoms with Crippen LogP contribution < -0.4 is 10.0 Å². The van der Waals surface area contributed by atoms with Gasteiger partial charge in [0.25, 0.3) is 0 Å². The maximum Gasteiger partial charge on any atom is 0.240 e. The molecule has 2 aromatic rings. The first-order chi connectivity index (χ1) is 11.3. The predicted molar refractivity (Wildman–Crippen MR) is 95.0 cm³/mol. The minimum Gasteiger partial charge on any atom is -0.375 e. The highest BCUT2D eigenvalue weighted by Gasteiger charge is 2.19. The zero-order valence-electron chi connectivity index (χ0n) is 13.1. The molecule has 1 unspecified atom stereocenters. The molecule has 24 heavy (non-hydrogen) atoms. The summed E-state index contributed by atoms with van der Waals surface area (Å²) >= 11 is 7.23. The molecular weight excluding hydrogens is 372 g/mol. The normalized spacial score (nSPS) is 12.8. The molecule has 0 radical (unpaired) electrons.